The number of aromatic nitrogens is 1. The Morgan fingerprint density at radius 1 is 1.29 bits per heavy atom. The molecule has 1 aliphatic rings. The highest BCUT2D eigenvalue weighted by Crippen LogP contribution is 2.14. The van der Waals surface area contributed by atoms with Gasteiger partial charge in [0.25, 0.3) is 0 Å². The lowest BCUT2D eigenvalue weighted by molar-refractivity contribution is -0.130. The van der Waals surface area contributed by atoms with Gasteiger partial charge in [-0.2, -0.15) is 0 Å². The Kier molecular flexibility index (Phi) is 5.52. The van der Waals surface area contributed by atoms with Crippen LogP contribution in [0.4, 0.5) is 5.82 Å². The Morgan fingerprint density at radius 3 is 2.52 bits per heavy atom. The molecule has 1 aromatic heterocycles. The van der Waals surface area contributed by atoms with Crippen molar-refractivity contribution in [1.82, 2.24) is 20.1 Å². The van der Waals surface area contributed by atoms with Crippen LogP contribution in [-0.2, 0) is 11.3 Å². The van der Waals surface area contributed by atoms with Crippen molar-refractivity contribution >= 4 is 11.7 Å². The van der Waals surface area contributed by atoms with Gasteiger partial charge < -0.3 is 20.0 Å². The number of hydrogen-bond acceptors (Lipinski definition) is 5. The number of pyridine rings is 1. The van der Waals surface area contributed by atoms with E-state index in [1.807, 2.05) is 11.1 Å². The van der Waals surface area contributed by atoms with E-state index in [0.717, 1.165) is 38.5 Å². The minimum Gasteiger partial charge on any atom is -0.353 e. The van der Waals surface area contributed by atoms with Crippen LogP contribution in [0, 0.1) is 0 Å². The Bertz CT molecular complexity index is 452. The number of carbonyl (C=O) groups is 1. The highest BCUT2D eigenvalue weighted by molar-refractivity contribution is 5.78. The van der Waals surface area contributed by atoms with Gasteiger partial charge in [0.05, 0.1) is 6.54 Å². The van der Waals surface area contributed by atoms with Crippen molar-refractivity contribution in [2.45, 2.75) is 6.54 Å². The van der Waals surface area contributed by atoms with Crippen molar-refractivity contribution in [3.8, 4) is 0 Å². The van der Waals surface area contributed by atoms with Gasteiger partial charge in [-0.25, -0.2) is 4.98 Å². The second-order valence-corrected chi connectivity index (χ2v) is 5.66. The first-order valence-electron chi connectivity index (χ1n) is 7.37. The van der Waals surface area contributed by atoms with Crippen molar-refractivity contribution in [3.05, 3.63) is 23.9 Å². The summed E-state index contributed by atoms with van der Waals surface area (Å²) in [4.78, 5) is 22.6. The molecule has 2 heterocycles. The summed E-state index contributed by atoms with van der Waals surface area (Å²) >= 11 is 0. The molecule has 6 heteroatoms. The van der Waals surface area contributed by atoms with Crippen LogP contribution in [-0.4, -0.2) is 74.6 Å². The first-order chi connectivity index (χ1) is 10.1. The van der Waals surface area contributed by atoms with Crippen LogP contribution in [0.5, 0.6) is 0 Å². The maximum atomic E-state index is 11.8. The zero-order valence-electron chi connectivity index (χ0n) is 13.2. The number of hydrogen-bond donors (Lipinski definition) is 1. The average Bonchev–Trinajstić information content (AvgIpc) is 2.48. The molecule has 0 unspecified atom stereocenters. The van der Waals surface area contributed by atoms with Crippen molar-refractivity contribution < 1.29 is 4.79 Å². The van der Waals surface area contributed by atoms with Gasteiger partial charge in [-0.05, 0) is 32.8 Å². The molecule has 1 fully saturated rings. The number of nitrogens with zero attached hydrogens (tertiary/aromatic N) is 4. The Balaban J connectivity index is 1.88. The van der Waals surface area contributed by atoms with Crippen molar-refractivity contribution in [1.29, 1.82) is 0 Å². The van der Waals surface area contributed by atoms with E-state index in [2.05, 4.69) is 46.3 Å². The van der Waals surface area contributed by atoms with Gasteiger partial charge in [0.1, 0.15) is 5.82 Å². The van der Waals surface area contributed by atoms with Crippen LogP contribution >= 0.6 is 0 Å². The number of likely N-dealkylation sites (N-methyl/N-ethyl adjacent to an activating group) is 1. The van der Waals surface area contributed by atoms with Gasteiger partial charge in [0.15, 0.2) is 0 Å². The zero-order chi connectivity index (χ0) is 15.2. The Hall–Kier alpha value is -1.66. The topological polar surface area (TPSA) is 51.7 Å². The Morgan fingerprint density at radius 2 is 2.00 bits per heavy atom. The molecule has 2 rings (SSSR count). The van der Waals surface area contributed by atoms with Crippen LogP contribution in [0.15, 0.2) is 18.3 Å². The van der Waals surface area contributed by atoms with Crippen LogP contribution in [0.3, 0.4) is 0 Å². The van der Waals surface area contributed by atoms with Crippen LogP contribution in [0.25, 0.3) is 0 Å². The van der Waals surface area contributed by atoms with E-state index >= 15 is 0 Å². The van der Waals surface area contributed by atoms with Crippen molar-refractivity contribution in [3.63, 3.8) is 0 Å². The predicted molar refractivity (Wildman–Crippen MR) is 84.3 cm³/mol. The molecule has 0 aromatic carbocycles. The molecule has 0 bridgehead atoms. The van der Waals surface area contributed by atoms with Crippen molar-refractivity contribution in [2.75, 3.05) is 58.8 Å². The molecule has 21 heavy (non-hydrogen) atoms. The van der Waals surface area contributed by atoms with Crippen LogP contribution < -0.4 is 10.2 Å². The summed E-state index contributed by atoms with van der Waals surface area (Å²) in [6, 6.07) is 4.20. The molecule has 1 aliphatic heterocycles. The standard InChI is InChI=1S/C15H25N5O/c1-16-11-15(21)20-8-6-19(7-9-20)14-5-4-13(10-17-14)12-18(2)3/h4-5,10,16H,6-9,11-12H2,1-3H3. The lowest BCUT2D eigenvalue weighted by atomic mass is 10.2. The molecule has 0 radical (unpaired) electrons. The quantitative estimate of drug-likeness (QED) is 0.828. The molecule has 1 saturated heterocycles. The van der Waals surface area contributed by atoms with E-state index in [4.69, 9.17) is 0 Å². The summed E-state index contributed by atoms with van der Waals surface area (Å²) < 4.78 is 0. The molecular weight excluding hydrogens is 266 g/mol. The number of nitrogens with one attached hydrogen (secondary N) is 1. The third kappa shape index (κ3) is 4.41. The average molecular weight is 291 g/mol. The fourth-order valence-electron chi connectivity index (χ4n) is 2.51. The van der Waals surface area contributed by atoms with E-state index in [1.54, 1.807) is 7.05 Å². The third-order valence-electron chi connectivity index (χ3n) is 3.59. The number of amides is 1. The molecule has 0 spiro atoms. The van der Waals surface area contributed by atoms with Gasteiger partial charge in [-0.1, -0.05) is 6.07 Å². The second kappa shape index (κ2) is 7.38. The fourth-order valence-corrected chi connectivity index (χ4v) is 2.51. The lowest BCUT2D eigenvalue weighted by Crippen LogP contribution is -2.50. The van der Waals surface area contributed by atoms with Crippen molar-refractivity contribution in [2.24, 2.45) is 0 Å². The molecule has 1 N–H and O–H groups in total. The van der Waals surface area contributed by atoms with Gasteiger partial charge >= 0.3 is 0 Å². The monoisotopic (exact) mass is 291 g/mol. The zero-order valence-corrected chi connectivity index (χ0v) is 13.2. The number of anilines is 1. The molecule has 0 aliphatic carbocycles. The summed E-state index contributed by atoms with van der Waals surface area (Å²) in [6.07, 6.45) is 1.94. The first kappa shape index (κ1) is 15.7. The normalized spacial score (nSPS) is 15.6. The largest absolute Gasteiger partial charge is 0.353 e. The van der Waals surface area contributed by atoms with E-state index in [0.29, 0.717) is 6.54 Å². The predicted octanol–water partition coefficient (Wildman–Crippen LogP) is 0.0112. The second-order valence-electron chi connectivity index (χ2n) is 5.66. The van der Waals surface area contributed by atoms with E-state index in [1.165, 1.54) is 5.56 Å². The first-order valence-corrected chi connectivity index (χ1v) is 7.37. The van der Waals surface area contributed by atoms with Gasteiger partial charge in [-0.15, -0.1) is 0 Å². The van der Waals surface area contributed by atoms with Crippen LogP contribution in [0.1, 0.15) is 5.56 Å². The lowest BCUT2D eigenvalue weighted by Gasteiger charge is -2.35. The summed E-state index contributed by atoms with van der Waals surface area (Å²) in [6.45, 7) is 4.53. The van der Waals surface area contributed by atoms with E-state index in [-0.39, 0.29) is 5.91 Å². The highest BCUT2D eigenvalue weighted by atomic mass is 16.2. The van der Waals surface area contributed by atoms with E-state index in [9.17, 15) is 4.79 Å². The molecule has 1 aromatic rings. The van der Waals surface area contributed by atoms with Gasteiger partial charge in [0, 0.05) is 38.9 Å². The minimum absolute atomic E-state index is 0.173. The SMILES string of the molecule is CNCC(=O)N1CCN(c2ccc(CN(C)C)cn2)CC1. The smallest absolute Gasteiger partial charge is 0.236 e. The molecule has 1 amide bonds. The maximum Gasteiger partial charge on any atom is 0.236 e. The van der Waals surface area contributed by atoms with Crippen LogP contribution in [0.2, 0.25) is 0 Å². The summed E-state index contributed by atoms with van der Waals surface area (Å²) in [7, 11) is 5.90. The molecule has 116 valence electrons. The highest BCUT2D eigenvalue weighted by Gasteiger charge is 2.21. The summed E-state index contributed by atoms with van der Waals surface area (Å²) in [5.74, 6) is 1.17. The maximum absolute atomic E-state index is 11.8. The summed E-state index contributed by atoms with van der Waals surface area (Å²) in [5.41, 5.74) is 1.21. The number of rotatable bonds is 5. The number of piperazine rings is 1. The Labute approximate surface area is 126 Å². The minimum atomic E-state index is 0.173. The third-order valence-corrected chi connectivity index (χ3v) is 3.59. The molecular formula is C15H25N5O. The molecule has 0 saturated carbocycles. The van der Waals surface area contributed by atoms with Gasteiger partial charge in [0.2, 0.25) is 5.91 Å². The molecule has 0 atom stereocenters. The summed E-state index contributed by atoms with van der Waals surface area (Å²) in [5, 5.41) is 2.91. The fraction of sp³-hybridized carbons (Fsp3) is 0.600. The van der Waals surface area contributed by atoms with Gasteiger partial charge in [-0.3, -0.25) is 4.79 Å². The molecule has 6 nitrogen and oxygen atoms in total. The number of carbonyl (C=O) groups excluding carboxylic acids is 1. The van der Waals surface area contributed by atoms with E-state index < -0.39 is 0 Å².